The van der Waals surface area contributed by atoms with Gasteiger partial charge in [-0.3, -0.25) is 0 Å². The molecule has 2 N–H and O–H groups in total. The maximum absolute atomic E-state index is 13.1. The van der Waals surface area contributed by atoms with E-state index in [-0.39, 0.29) is 24.5 Å². The first-order valence-electron chi connectivity index (χ1n) is 7.79. The molecule has 0 bridgehead atoms. The van der Waals surface area contributed by atoms with E-state index in [4.69, 9.17) is 4.74 Å². The third-order valence-electron chi connectivity index (χ3n) is 3.96. The smallest absolute Gasteiger partial charge is 0.407 e. The largest absolute Gasteiger partial charge is 0.445 e. The summed E-state index contributed by atoms with van der Waals surface area (Å²) in [4.78, 5) is 11.8. The second kappa shape index (κ2) is 7.66. The Balaban J connectivity index is 1.38. The first-order valence-corrected chi connectivity index (χ1v) is 8.58. The van der Waals surface area contributed by atoms with Crippen LogP contribution in [-0.4, -0.2) is 18.2 Å². The van der Waals surface area contributed by atoms with E-state index in [1.807, 2.05) is 30.3 Å². The molecule has 3 rings (SSSR count). The maximum Gasteiger partial charge on any atom is 0.407 e. The van der Waals surface area contributed by atoms with Gasteiger partial charge in [0.05, 0.1) is 0 Å². The summed E-state index contributed by atoms with van der Waals surface area (Å²) in [6.07, 6.45) is 1.22. The zero-order valence-electron chi connectivity index (χ0n) is 13.0. The number of benzene rings is 2. The molecule has 0 radical (unpaired) electrons. The van der Waals surface area contributed by atoms with Gasteiger partial charge in [0.2, 0.25) is 0 Å². The van der Waals surface area contributed by atoms with E-state index in [0.717, 1.165) is 24.1 Å². The first kappa shape index (κ1) is 16.8. The number of anilines is 1. The second-order valence-corrected chi connectivity index (χ2v) is 6.69. The van der Waals surface area contributed by atoms with Crippen LogP contribution in [0, 0.1) is 5.82 Å². The minimum absolute atomic E-state index is 0.102. The van der Waals surface area contributed by atoms with Crippen molar-refractivity contribution >= 4 is 27.7 Å². The van der Waals surface area contributed by atoms with Crippen LogP contribution in [0.2, 0.25) is 0 Å². The molecule has 126 valence electrons. The number of rotatable bonds is 5. The standard InChI is InChI=1S/C18H18BrFN2O2/c19-16-8-13(20)6-7-17(16)21-14-9-15(10-14)22-18(23)24-11-12-4-2-1-3-5-12/h1-8,14-15,21H,9-11H2,(H,22,23). The molecule has 0 aromatic heterocycles. The van der Waals surface area contributed by atoms with Gasteiger partial charge in [-0.05, 0) is 52.5 Å². The SMILES string of the molecule is O=C(NC1CC(Nc2ccc(F)cc2Br)C1)OCc1ccccc1. The van der Waals surface area contributed by atoms with E-state index in [9.17, 15) is 9.18 Å². The van der Waals surface area contributed by atoms with Gasteiger partial charge < -0.3 is 15.4 Å². The van der Waals surface area contributed by atoms with Gasteiger partial charge in [-0.1, -0.05) is 30.3 Å². The van der Waals surface area contributed by atoms with Crippen LogP contribution in [0.4, 0.5) is 14.9 Å². The maximum atomic E-state index is 13.1. The molecule has 24 heavy (non-hydrogen) atoms. The molecule has 1 aliphatic carbocycles. The number of carbonyl (C=O) groups is 1. The fourth-order valence-electron chi connectivity index (χ4n) is 2.61. The average Bonchev–Trinajstić information content (AvgIpc) is 2.54. The molecule has 1 saturated carbocycles. The van der Waals surface area contributed by atoms with Crippen molar-refractivity contribution in [1.82, 2.24) is 5.32 Å². The number of ether oxygens (including phenoxy) is 1. The fraction of sp³-hybridized carbons (Fsp3) is 0.278. The van der Waals surface area contributed by atoms with E-state index in [1.54, 1.807) is 6.07 Å². The van der Waals surface area contributed by atoms with Crippen LogP contribution in [0.5, 0.6) is 0 Å². The lowest BCUT2D eigenvalue weighted by atomic mass is 9.86. The molecule has 2 aromatic rings. The topological polar surface area (TPSA) is 50.4 Å². The predicted molar refractivity (Wildman–Crippen MR) is 94.3 cm³/mol. The van der Waals surface area contributed by atoms with Crippen LogP contribution in [0.25, 0.3) is 0 Å². The van der Waals surface area contributed by atoms with Crippen LogP contribution < -0.4 is 10.6 Å². The van der Waals surface area contributed by atoms with Crippen LogP contribution in [0.1, 0.15) is 18.4 Å². The third kappa shape index (κ3) is 4.47. The van der Waals surface area contributed by atoms with Gasteiger partial charge in [-0.25, -0.2) is 9.18 Å². The molecule has 0 atom stereocenters. The molecule has 4 nitrogen and oxygen atoms in total. The monoisotopic (exact) mass is 392 g/mol. The van der Waals surface area contributed by atoms with Crippen LogP contribution in [0.15, 0.2) is 53.0 Å². The Morgan fingerprint density at radius 2 is 1.92 bits per heavy atom. The zero-order valence-corrected chi connectivity index (χ0v) is 14.6. The highest BCUT2D eigenvalue weighted by atomic mass is 79.9. The molecule has 0 heterocycles. The van der Waals surface area contributed by atoms with E-state index in [0.29, 0.717) is 4.47 Å². The van der Waals surface area contributed by atoms with Gasteiger partial charge in [-0.2, -0.15) is 0 Å². The number of nitrogens with one attached hydrogen (secondary N) is 2. The Bertz CT molecular complexity index is 705. The molecule has 1 fully saturated rings. The third-order valence-corrected chi connectivity index (χ3v) is 4.62. The molecule has 0 aliphatic heterocycles. The molecular weight excluding hydrogens is 375 g/mol. The van der Waals surface area contributed by atoms with E-state index in [2.05, 4.69) is 26.6 Å². The number of hydrogen-bond donors (Lipinski definition) is 2. The van der Waals surface area contributed by atoms with Gasteiger partial charge >= 0.3 is 6.09 Å². The molecule has 0 spiro atoms. The Kier molecular flexibility index (Phi) is 5.35. The van der Waals surface area contributed by atoms with Crippen molar-refractivity contribution in [3.8, 4) is 0 Å². The molecule has 0 saturated heterocycles. The van der Waals surface area contributed by atoms with Crippen molar-refractivity contribution in [3.63, 3.8) is 0 Å². The summed E-state index contributed by atoms with van der Waals surface area (Å²) in [6.45, 7) is 0.267. The van der Waals surface area contributed by atoms with Gasteiger partial charge in [0.25, 0.3) is 0 Å². The Labute approximate surface area is 148 Å². The van der Waals surface area contributed by atoms with E-state index >= 15 is 0 Å². The Morgan fingerprint density at radius 1 is 1.17 bits per heavy atom. The number of carbonyl (C=O) groups excluding carboxylic acids is 1. The molecule has 1 amide bonds. The summed E-state index contributed by atoms with van der Waals surface area (Å²) < 4.78 is 19.0. The zero-order chi connectivity index (χ0) is 16.9. The van der Waals surface area contributed by atoms with E-state index in [1.165, 1.54) is 12.1 Å². The molecule has 0 unspecified atom stereocenters. The molecule has 1 aliphatic rings. The average molecular weight is 393 g/mol. The number of alkyl carbamates (subject to hydrolysis) is 1. The van der Waals surface area contributed by atoms with Crippen molar-refractivity contribution in [2.24, 2.45) is 0 Å². The van der Waals surface area contributed by atoms with Crippen molar-refractivity contribution in [1.29, 1.82) is 0 Å². The minimum Gasteiger partial charge on any atom is -0.445 e. The highest BCUT2D eigenvalue weighted by Gasteiger charge is 2.31. The second-order valence-electron chi connectivity index (χ2n) is 5.84. The van der Waals surface area contributed by atoms with Crippen molar-refractivity contribution in [2.45, 2.75) is 31.5 Å². The van der Waals surface area contributed by atoms with Crippen LogP contribution >= 0.6 is 15.9 Å². The molecule has 2 aromatic carbocycles. The summed E-state index contributed by atoms with van der Waals surface area (Å²) in [5, 5.41) is 6.18. The lowest BCUT2D eigenvalue weighted by Crippen LogP contribution is -2.49. The van der Waals surface area contributed by atoms with Gasteiger partial charge in [0.1, 0.15) is 12.4 Å². The highest BCUT2D eigenvalue weighted by Crippen LogP contribution is 2.29. The minimum atomic E-state index is -0.398. The van der Waals surface area contributed by atoms with Gasteiger partial charge in [0.15, 0.2) is 0 Å². The normalized spacial score (nSPS) is 19.2. The Hall–Kier alpha value is -2.08. The summed E-state index contributed by atoms with van der Waals surface area (Å²) in [5.74, 6) is -0.276. The lowest BCUT2D eigenvalue weighted by Gasteiger charge is -2.36. The van der Waals surface area contributed by atoms with E-state index < -0.39 is 6.09 Å². The van der Waals surface area contributed by atoms with Crippen molar-refractivity contribution in [2.75, 3.05) is 5.32 Å². The predicted octanol–water partition coefficient (Wildman–Crippen LogP) is 4.46. The highest BCUT2D eigenvalue weighted by molar-refractivity contribution is 9.10. The number of hydrogen-bond acceptors (Lipinski definition) is 3. The summed E-state index contributed by atoms with van der Waals surface area (Å²) in [7, 11) is 0. The lowest BCUT2D eigenvalue weighted by molar-refractivity contribution is 0.129. The molecular formula is C18H18BrFN2O2. The Morgan fingerprint density at radius 3 is 2.62 bits per heavy atom. The first-order chi connectivity index (χ1) is 11.6. The molecule has 6 heteroatoms. The van der Waals surface area contributed by atoms with Gasteiger partial charge in [0, 0.05) is 22.2 Å². The summed E-state index contributed by atoms with van der Waals surface area (Å²) in [5.41, 5.74) is 1.81. The van der Waals surface area contributed by atoms with Gasteiger partial charge in [-0.15, -0.1) is 0 Å². The number of halogens is 2. The van der Waals surface area contributed by atoms with Crippen LogP contribution in [-0.2, 0) is 11.3 Å². The van der Waals surface area contributed by atoms with Crippen molar-refractivity contribution < 1.29 is 13.9 Å². The van der Waals surface area contributed by atoms with Crippen LogP contribution in [0.3, 0.4) is 0 Å². The number of amides is 1. The summed E-state index contributed by atoms with van der Waals surface area (Å²) >= 11 is 3.33. The van der Waals surface area contributed by atoms with Crippen molar-refractivity contribution in [3.05, 3.63) is 64.4 Å². The fourth-order valence-corrected chi connectivity index (χ4v) is 3.08. The summed E-state index contributed by atoms with van der Waals surface area (Å²) in [6, 6.07) is 14.5. The quantitative estimate of drug-likeness (QED) is 0.789.